The highest BCUT2D eigenvalue weighted by Crippen LogP contribution is 2.22. The number of likely N-dealkylation sites (tertiary alicyclic amines) is 1. The molecule has 0 radical (unpaired) electrons. The van der Waals surface area contributed by atoms with E-state index in [-0.39, 0.29) is 17.6 Å². The summed E-state index contributed by atoms with van der Waals surface area (Å²) in [6.45, 7) is 1.27. The monoisotopic (exact) mass is 364 g/mol. The van der Waals surface area contributed by atoms with Gasteiger partial charge in [0.15, 0.2) is 0 Å². The Balaban J connectivity index is 1.60. The lowest BCUT2D eigenvalue weighted by Gasteiger charge is -2.32. The van der Waals surface area contributed by atoms with Crippen molar-refractivity contribution < 1.29 is 9.59 Å². The molecule has 1 atom stereocenters. The summed E-state index contributed by atoms with van der Waals surface area (Å²) < 4.78 is 0. The first-order valence-corrected chi connectivity index (χ1v) is 9.68. The zero-order valence-corrected chi connectivity index (χ0v) is 16.2. The van der Waals surface area contributed by atoms with Crippen LogP contribution in [-0.2, 0) is 11.2 Å². The van der Waals surface area contributed by atoms with Crippen LogP contribution in [0, 0.1) is 5.92 Å². The molecule has 2 aromatic rings. The van der Waals surface area contributed by atoms with Gasteiger partial charge in [-0.1, -0.05) is 36.4 Å². The topological polar surface area (TPSA) is 40.6 Å². The van der Waals surface area contributed by atoms with Crippen LogP contribution in [0.1, 0.15) is 35.2 Å². The molecule has 0 aromatic heterocycles. The van der Waals surface area contributed by atoms with Crippen LogP contribution in [0.25, 0.3) is 0 Å². The number of piperidine rings is 1. The van der Waals surface area contributed by atoms with Gasteiger partial charge in [0.1, 0.15) is 5.78 Å². The number of anilines is 1. The number of hydrogen-bond donors (Lipinski definition) is 0. The van der Waals surface area contributed by atoms with E-state index in [1.54, 1.807) is 0 Å². The van der Waals surface area contributed by atoms with Gasteiger partial charge in [-0.15, -0.1) is 0 Å². The van der Waals surface area contributed by atoms with Crippen molar-refractivity contribution in [1.82, 2.24) is 4.90 Å². The molecule has 3 rings (SSSR count). The number of amides is 1. The Kier molecular flexibility index (Phi) is 6.28. The summed E-state index contributed by atoms with van der Waals surface area (Å²) in [5, 5.41) is 0. The number of nitrogens with zero attached hydrogens (tertiary/aromatic N) is 2. The van der Waals surface area contributed by atoms with Gasteiger partial charge < -0.3 is 9.80 Å². The maximum Gasteiger partial charge on any atom is 0.253 e. The summed E-state index contributed by atoms with van der Waals surface area (Å²) in [7, 11) is 3.93. The molecule has 4 nitrogen and oxygen atoms in total. The van der Waals surface area contributed by atoms with Gasteiger partial charge in [0.05, 0.1) is 0 Å². The van der Waals surface area contributed by atoms with Crippen LogP contribution in [0.3, 0.4) is 0 Å². The third kappa shape index (κ3) is 4.97. The van der Waals surface area contributed by atoms with E-state index in [1.807, 2.05) is 66.4 Å². The molecule has 0 saturated carbocycles. The number of hydrogen-bond acceptors (Lipinski definition) is 3. The minimum atomic E-state index is -0.0385. The van der Waals surface area contributed by atoms with Gasteiger partial charge in [0, 0.05) is 50.8 Å². The number of carbonyl (C=O) groups excluding carboxylic acids is 2. The van der Waals surface area contributed by atoms with Crippen molar-refractivity contribution in [3.05, 3.63) is 65.7 Å². The fraction of sp³-hybridized carbons (Fsp3) is 0.391. The molecule has 0 bridgehead atoms. The molecule has 0 aliphatic carbocycles. The molecule has 1 unspecified atom stereocenters. The van der Waals surface area contributed by atoms with Crippen LogP contribution in [0.2, 0.25) is 0 Å². The second-order valence-corrected chi connectivity index (χ2v) is 7.49. The van der Waals surface area contributed by atoms with Gasteiger partial charge in [-0.3, -0.25) is 9.59 Å². The van der Waals surface area contributed by atoms with Gasteiger partial charge in [0.2, 0.25) is 0 Å². The second-order valence-electron chi connectivity index (χ2n) is 7.49. The number of benzene rings is 2. The number of ketones is 1. The molecule has 1 aliphatic rings. The Morgan fingerprint density at radius 3 is 2.59 bits per heavy atom. The maximum atomic E-state index is 12.9. The molecule has 1 amide bonds. The average molecular weight is 364 g/mol. The van der Waals surface area contributed by atoms with Crippen LogP contribution < -0.4 is 4.90 Å². The Labute approximate surface area is 161 Å². The highest BCUT2D eigenvalue weighted by Gasteiger charge is 2.28. The van der Waals surface area contributed by atoms with Crippen molar-refractivity contribution in [2.45, 2.75) is 25.7 Å². The minimum Gasteiger partial charge on any atom is -0.378 e. The quantitative estimate of drug-likeness (QED) is 0.783. The standard InChI is InChI=1S/C23H28N2O2/c1-24(2)21-12-6-10-19(16-21)23(27)25-15-7-11-20(17-25)22(26)14-13-18-8-4-3-5-9-18/h3-6,8-10,12,16,20H,7,11,13-15,17H2,1-2H3. The van der Waals surface area contributed by atoms with Crippen molar-refractivity contribution >= 4 is 17.4 Å². The minimum absolute atomic E-state index is 0.0271. The second kappa shape index (κ2) is 8.85. The van der Waals surface area contributed by atoms with Gasteiger partial charge in [-0.05, 0) is 43.0 Å². The third-order valence-electron chi connectivity index (χ3n) is 5.28. The normalized spacial score (nSPS) is 16.8. The Hall–Kier alpha value is -2.62. The fourth-order valence-electron chi connectivity index (χ4n) is 3.64. The molecular formula is C23H28N2O2. The average Bonchev–Trinajstić information content (AvgIpc) is 2.72. The molecule has 27 heavy (non-hydrogen) atoms. The fourth-order valence-corrected chi connectivity index (χ4v) is 3.64. The summed E-state index contributed by atoms with van der Waals surface area (Å²) in [4.78, 5) is 29.4. The lowest BCUT2D eigenvalue weighted by molar-refractivity contribution is -0.124. The maximum absolute atomic E-state index is 12.9. The summed E-state index contributed by atoms with van der Waals surface area (Å²) in [6, 6.07) is 17.8. The van der Waals surface area contributed by atoms with Gasteiger partial charge in [-0.25, -0.2) is 0 Å². The molecule has 1 saturated heterocycles. The van der Waals surface area contributed by atoms with E-state index >= 15 is 0 Å². The van der Waals surface area contributed by atoms with E-state index in [4.69, 9.17) is 0 Å². The van der Waals surface area contributed by atoms with E-state index in [1.165, 1.54) is 5.56 Å². The Bertz CT molecular complexity index is 786. The van der Waals surface area contributed by atoms with Crippen molar-refractivity contribution in [3.8, 4) is 0 Å². The zero-order chi connectivity index (χ0) is 19.2. The Morgan fingerprint density at radius 2 is 1.85 bits per heavy atom. The number of carbonyl (C=O) groups is 2. The first-order valence-electron chi connectivity index (χ1n) is 9.68. The van der Waals surface area contributed by atoms with Crippen molar-refractivity contribution in [1.29, 1.82) is 0 Å². The first-order chi connectivity index (χ1) is 13.0. The summed E-state index contributed by atoms with van der Waals surface area (Å²) >= 11 is 0. The number of Topliss-reactive ketones (excluding diaryl/α,β-unsaturated/α-hetero) is 1. The summed E-state index contributed by atoms with van der Waals surface area (Å²) in [5.74, 6) is 0.265. The molecule has 1 heterocycles. The van der Waals surface area contributed by atoms with Crippen LogP contribution in [0.4, 0.5) is 5.69 Å². The van der Waals surface area contributed by atoms with Crippen molar-refractivity contribution in [3.63, 3.8) is 0 Å². The first kappa shape index (κ1) is 19.2. The lowest BCUT2D eigenvalue weighted by atomic mass is 9.90. The van der Waals surface area contributed by atoms with Gasteiger partial charge in [-0.2, -0.15) is 0 Å². The van der Waals surface area contributed by atoms with E-state index in [2.05, 4.69) is 12.1 Å². The van der Waals surface area contributed by atoms with Crippen LogP contribution in [0.15, 0.2) is 54.6 Å². The zero-order valence-electron chi connectivity index (χ0n) is 16.2. The highest BCUT2D eigenvalue weighted by molar-refractivity contribution is 5.95. The summed E-state index contributed by atoms with van der Waals surface area (Å²) in [5.41, 5.74) is 2.89. The van der Waals surface area contributed by atoms with Crippen LogP contribution in [-0.4, -0.2) is 43.8 Å². The molecular weight excluding hydrogens is 336 g/mol. The van der Waals surface area contributed by atoms with Crippen molar-refractivity contribution in [2.24, 2.45) is 5.92 Å². The van der Waals surface area contributed by atoms with Crippen LogP contribution >= 0.6 is 0 Å². The molecule has 1 fully saturated rings. The lowest BCUT2D eigenvalue weighted by Crippen LogP contribution is -2.42. The molecule has 4 heteroatoms. The number of rotatable bonds is 6. The third-order valence-corrected chi connectivity index (χ3v) is 5.28. The molecule has 142 valence electrons. The predicted octanol–water partition coefficient (Wildman–Crippen LogP) is 3.81. The molecule has 0 spiro atoms. The van der Waals surface area contributed by atoms with E-state index < -0.39 is 0 Å². The van der Waals surface area contributed by atoms with Gasteiger partial charge >= 0.3 is 0 Å². The number of aryl methyl sites for hydroxylation is 1. The van der Waals surface area contributed by atoms with E-state index in [0.717, 1.165) is 31.5 Å². The van der Waals surface area contributed by atoms with E-state index in [0.29, 0.717) is 18.5 Å². The van der Waals surface area contributed by atoms with Gasteiger partial charge in [0.25, 0.3) is 5.91 Å². The predicted molar refractivity (Wildman–Crippen MR) is 109 cm³/mol. The van der Waals surface area contributed by atoms with Crippen LogP contribution in [0.5, 0.6) is 0 Å². The molecule has 2 aromatic carbocycles. The molecule has 1 aliphatic heterocycles. The SMILES string of the molecule is CN(C)c1cccc(C(=O)N2CCCC(C(=O)CCc3ccccc3)C2)c1. The van der Waals surface area contributed by atoms with E-state index in [9.17, 15) is 9.59 Å². The smallest absolute Gasteiger partial charge is 0.253 e. The summed E-state index contributed by atoms with van der Waals surface area (Å²) in [6.07, 6.45) is 3.10. The largest absolute Gasteiger partial charge is 0.378 e. The highest BCUT2D eigenvalue weighted by atomic mass is 16.2. The molecule has 0 N–H and O–H groups in total. The Morgan fingerprint density at radius 1 is 1.07 bits per heavy atom. The van der Waals surface area contributed by atoms with Crippen molar-refractivity contribution in [2.75, 3.05) is 32.1 Å².